The van der Waals surface area contributed by atoms with Gasteiger partial charge in [0.05, 0.1) is 5.41 Å². The molecule has 18 heavy (non-hydrogen) atoms. The topological polar surface area (TPSA) is 66.4 Å². The molecule has 0 bridgehead atoms. The summed E-state index contributed by atoms with van der Waals surface area (Å²) in [5.74, 6) is 0.689. The lowest BCUT2D eigenvalue weighted by atomic mass is 9.76. The molecule has 0 aromatic heterocycles. The van der Waals surface area contributed by atoms with Crippen molar-refractivity contribution < 1.29 is 14.7 Å². The molecule has 0 aliphatic carbocycles. The Morgan fingerprint density at radius 1 is 1.33 bits per heavy atom. The summed E-state index contributed by atoms with van der Waals surface area (Å²) < 4.78 is 0. The number of hydrogen-bond donors (Lipinski definition) is 2. The molecule has 0 aliphatic heterocycles. The van der Waals surface area contributed by atoms with Crippen LogP contribution in [0, 0.1) is 11.3 Å². The lowest BCUT2D eigenvalue weighted by Gasteiger charge is -2.28. The Balaban J connectivity index is 4.40. The molecular formula is C13H25NO3S. The van der Waals surface area contributed by atoms with Gasteiger partial charge in [0.15, 0.2) is 0 Å². The van der Waals surface area contributed by atoms with E-state index >= 15 is 0 Å². The van der Waals surface area contributed by atoms with Crippen LogP contribution in [-0.2, 0) is 9.59 Å². The summed E-state index contributed by atoms with van der Waals surface area (Å²) in [4.78, 5) is 23.1. The van der Waals surface area contributed by atoms with Crippen molar-refractivity contribution >= 4 is 23.6 Å². The van der Waals surface area contributed by atoms with Crippen LogP contribution in [0.15, 0.2) is 0 Å². The number of carboxylic acid groups (broad SMARTS) is 1. The summed E-state index contributed by atoms with van der Waals surface area (Å²) in [6.45, 7) is 9.30. The van der Waals surface area contributed by atoms with E-state index in [2.05, 4.69) is 12.2 Å². The third-order valence-electron chi connectivity index (χ3n) is 3.27. The van der Waals surface area contributed by atoms with Gasteiger partial charge in [-0.1, -0.05) is 20.8 Å². The van der Waals surface area contributed by atoms with Gasteiger partial charge in [-0.25, -0.2) is 0 Å². The molecule has 4 nitrogen and oxygen atoms in total. The van der Waals surface area contributed by atoms with Gasteiger partial charge in [-0.3, -0.25) is 9.59 Å². The first-order chi connectivity index (χ1) is 8.24. The Bertz CT molecular complexity index is 294. The summed E-state index contributed by atoms with van der Waals surface area (Å²) in [5.41, 5.74) is -0.998. The van der Waals surface area contributed by atoms with Gasteiger partial charge in [-0.2, -0.15) is 11.8 Å². The number of hydrogen-bond acceptors (Lipinski definition) is 3. The largest absolute Gasteiger partial charge is 0.481 e. The van der Waals surface area contributed by atoms with Crippen molar-refractivity contribution in [3.63, 3.8) is 0 Å². The van der Waals surface area contributed by atoms with E-state index in [0.29, 0.717) is 0 Å². The van der Waals surface area contributed by atoms with E-state index in [1.54, 1.807) is 18.7 Å². The average Bonchev–Trinajstić information content (AvgIpc) is 2.25. The van der Waals surface area contributed by atoms with Crippen molar-refractivity contribution in [2.45, 2.75) is 47.1 Å². The van der Waals surface area contributed by atoms with Crippen LogP contribution < -0.4 is 5.32 Å². The van der Waals surface area contributed by atoms with Gasteiger partial charge in [0.2, 0.25) is 5.91 Å². The van der Waals surface area contributed by atoms with Crippen LogP contribution in [0.5, 0.6) is 0 Å². The molecule has 2 atom stereocenters. The molecule has 0 saturated carbocycles. The maximum atomic E-state index is 11.9. The molecule has 0 spiro atoms. The number of rotatable bonds is 8. The van der Waals surface area contributed by atoms with E-state index in [-0.39, 0.29) is 24.3 Å². The van der Waals surface area contributed by atoms with Gasteiger partial charge in [0.1, 0.15) is 0 Å². The number of nitrogens with one attached hydrogen (secondary N) is 1. The van der Waals surface area contributed by atoms with E-state index in [4.69, 9.17) is 0 Å². The van der Waals surface area contributed by atoms with Crippen LogP contribution in [-0.4, -0.2) is 34.5 Å². The molecule has 0 saturated heterocycles. The highest BCUT2D eigenvalue weighted by atomic mass is 32.2. The molecule has 0 heterocycles. The highest BCUT2D eigenvalue weighted by Gasteiger charge is 2.38. The zero-order valence-corrected chi connectivity index (χ0v) is 12.8. The van der Waals surface area contributed by atoms with Gasteiger partial charge in [-0.05, 0) is 25.5 Å². The fraction of sp³-hybridized carbons (Fsp3) is 0.846. The second-order valence-corrected chi connectivity index (χ2v) is 6.50. The monoisotopic (exact) mass is 275 g/mol. The average molecular weight is 275 g/mol. The molecule has 0 fully saturated rings. The van der Waals surface area contributed by atoms with E-state index in [1.807, 2.05) is 20.8 Å². The van der Waals surface area contributed by atoms with Crippen LogP contribution in [0.3, 0.4) is 0 Å². The summed E-state index contributed by atoms with van der Waals surface area (Å²) in [6, 6.07) is 0.0765. The minimum atomic E-state index is -0.998. The lowest BCUT2D eigenvalue weighted by molar-refractivity contribution is -0.153. The number of thioether (sulfide) groups is 1. The van der Waals surface area contributed by atoms with Crippen molar-refractivity contribution in [2.24, 2.45) is 11.3 Å². The summed E-state index contributed by atoms with van der Waals surface area (Å²) in [6.07, 6.45) is 0.0289. The predicted molar refractivity (Wildman–Crippen MR) is 75.8 cm³/mol. The van der Waals surface area contributed by atoms with Gasteiger partial charge in [0.25, 0.3) is 0 Å². The second kappa shape index (κ2) is 7.67. The van der Waals surface area contributed by atoms with Gasteiger partial charge < -0.3 is 10.4 Å². The zero-order valence-electron chi connectivity index (χ0n) is 11.9. The summed E-state index contributed by atoms with van der Waals surface area (Å²) in [5, 5.41) is 12.1. The van der Waals surface area contributed by atoms with Gasteiger partial charge in [0, 0.05) is 18.2 Å². The van der Waals surface area contributed by atoms with E-state index in [9.17, 15) is 14.7 Å². The highest BCUT2D eigenvalue weighted by Crippen LogP contribution is 2.31. The SMILES string of the molecule is CCSCC(C)NC(=O)CC(C)(C(=O)O)C(C)C. The Kier molecular flexibility index (Phi) is 7.36. The molecule has 2 N–H and O–H groups in total. The first-order valence-electron chi connectivity index (χ1n) is 6.34. The highest BCUT2D eigenvalue weighted by molar-refractivity contribution is 7.99. The zero-order chi connectivity index (χ0) is 14.3. The Morgan fingerprint density at radius 3 is 2.28 bits per heavy atom. The molecule has 0 rings (SSSR count). The Labute approximate surface area is 114 Å². The summed E-state index contributed by atoms with van der Waals surface area (Å²) >= 11 is 1.76. The molecule has 2 unspecified atom stereocenters. The fourth-order valence-corrected chi connectivity index (χ4v) is 2.19. The first-order valence-corrected chi connectivity index (χ1v) is 7.50. The molecule has 0 aromatic rings. The van der Waals surface area contributed by atoms with Crippen molar-refractivity contribution in [1.29, 1.82) is 0 Å². The standard InChI is InChI=1S/C13H25NO3S/c1-6-18-8-10(4)14-11(15)7-13(5,9(2)3)12(16)17/h9-10H,6-8H2,1-5H3,(H,14,15)(H,16,17). The summed E-state index contributed by atoms with van der Waals surface area (Å²) in [7, 11) is 0. The maximum absolute atomic E-state index is 11.9. The van der Waals surface area contributed by atoms with Crippen LogP contribution in [0.4, 0.5) is 0 Å². The smallest absolute Gasteiger partial charge is 0.310 e. The third-order valence-corrected chi connectivity index (χ3v) is 4.41. The number of carbonyl (C=O) groups excluding carboxylic acids is 1. The van der Waals surface area contributed by atoms with Crippen molar-refractivity contribution in [3.8, 4) is 0 Å². The van der Waals surface area contributed by atoms with Crippen LogP contribution in [0.1, 0.15) is 41.0 Å². The molecule has 0 aromatic carbocycles. The van der Waals surface area contributed by atoms with E-state index in [1.165, 1.54) is 0 Å². The normalized spacial score (nSPS) is 16.1. The van der Waals surface area contributed by atoms with Crippen LogP contribution in [0.25, 0.3) is 0 Å². The molecule has 1 amide bonds. The first kappa shape index (κ1) is 17.3. The van der Waals surface area contributed by atoms with Crippen molar-refractivity contribution in [2.75, 3.05) is 11.5 Å². The third kappa shape index (κ3) is 5.29. The molecule has 0 radical (unpaired) electrons. The quantitative estimate of drug-likeness (QED) is 0.714. The Hall–Kier alpha value is -0.710. The Morgan fingerprint density at radius 2 is 1.89 bits per heavy atom. The van der Waals surface area contributed by atoms with E-state index in [0.717, 1.165) is 11.5 Å². The fourth-order valence-electron chi connectivity index (χ4n) is 1.52. The number of carbonyl (C=O) groups is 2. The molecule has 5 heteroatoms. The van der Waals surface area contributed by atoms with Crippen molar-refractivity contribution in [3.05, 3.63) is 0 Å². The van der Waals surface area contributed by atoms with E-state index < -0.39 is 11.4 Å². The van der Waals surface area contributed by atoms with Crippen LogP contribution >= 0.6 is 11.8 Å². The second-order valence-electron chi connectivity index (χ2n) is 5.18. The van der Waals surface area contributed by atoms with Crippen molar-refractivity contribution in [1.82, 2.24) is 5.32 Å². The minimum Gasteiger partial charge on any atom is -0.481 e. The van der Waals surface area contributed by atoms with Gasteiger partial charge in [-0.15, -0.1) is 0 Å². The maximum Gasteiger partial charge on any atom is 0.310 e. The lowest BCUT2D eigenvalue weighted by Crippen LogP contribution is -2.42. The minimum absolute atomic E-state index is 0.0289. The van der Waals surface area contributed by atoms with Gasteiger partial charge >= 0.3 is 5.97 Å². The number of aliphatic carboxylic acids is 1. The van der Waals surface area contributed by atoms with Crippen LogP contribution in [0.2, 0.25) is 0 Å². The number of amides is 1. The molecule has 0 aliphatic rings. The molecular weight excluding hydrogens is 250 g/mol. The predicted octanol–water partition coefficient (Wildman–Crippen LogP) is 2.38. The number of carboxylic acids is 1. The molecule has 106 valence electrons.